The first-order valence-corrected chi connectivity index (χ1v) is 6.86. The summed E-state index contributed by atoms with van der Waals surface area (Å²) in [7, 11) is 0. The smallest absolute Gasteiger partial charge is 0.193 e. The van der Waals surface area contributed by atoms with E-state index < -0.39 is 0 Å². The SMILES string of the molecule is CCCNC(CC)Cc1cn2ccsc2n1. The summed E-state index contributed by atoms with van der Waals surface area (Å²) in [6, 6.07) is 0.560. The third-order valence-electron chi connectivity index (χ3n) is 2.77. The van der Waals surface area contributed by atoms with E-state index >= 15 is 0 Å². The topological polar surface area (TPSA) is 29.3 Å². The maximum Gasteiger partial charge on any atom is 0.193 e. The Hall–Kier alpha value is -0.870. The number of nitrogens with one attached hydrogen (secondary N) is 1. The first kappa shape index (κ1) is 11.6. The Labute approximate surface area is 101 Å². The second kappa shape index (κ2) is 5.46. The minimum Gasteiger partial charge on any atom is -0.314 e. The molecule has 1 N–H and O–H groups in total. The summed E-state index contributed by atoms with van der Waals surface area (Å²) in [5.74, 6) is 0. The second-order valence-corrected chi connectivity index (χ2v) is 4.96. The van der Waals surface area contributed by atoms with Crippen LogP contribution in [-0.2, 0) is 6.42 Å². The Balaban J connectivity index is 1.99. The molecule has 2 heterocycles. The summed E-state index contributed by atoms with van der Waals surface area (Å²) < 4.78 is 2.10. The highest BCUT2D eigenvalue weighted by Gasteiger charge is 2.09. The maximum absolute atomic E-state index is 4.61. The van der Waals surface area contributed by atoms with E-state index in [1.807, 2.05) is 0 Å². The van der Waals surface area contributed by atoms with Crippen molar-refractivity contribution in [3.8, 4) is 0 Å². The zero-order valence-electron chi connectivity index (χ0n) is 9.94. The molecular weight excluding hydrogens is 218 g/mol. The number of thiazole rings is 1. The summed E-state index contributed by atoms with van der Waals surface area (Å²) >= 11 is 1.69. The molecule has 1 unspecified atom stereocenters. The Morgan fingerprint density at radius 1 is 1.50 bits per heavy atom. The lowest BCUT2D eigenvalue weighted by Crippen LogP contribution is -2.31. The van der Waals surface area contributed by atoms with Crippen molar-refractivity contribution in [1.29, 1.82) is 0 Å². The van der Waals surface area contributed by atoms with Gasteiger partial charge in [-0.05, 0) is 19.4 Å². The summed E-state index contributed by atoms with van der Waals surface area (Å²) in [6.07, 6.45) is 7.59. The highest BCUT2D eigenvalue weighted by atomic mass is 32.1. The van der Waals surface area contributed by atoms with Crippen molar-refractivity contribution in [2.75, 3.05) is 6.54 Å². The first-order chi connectivity index (χ1) is 7.83. The highest BCUT2D eigenvalue weighted by Crippen LogP contribution is 2.13. The normalized spacial score (nSPS) is 13.4. The van der Waals surface area contributed by atoms with Crippen LogP contribution in [0.5, 0.6) is 0 Å². The molecule has 2 aromatic heterocycles. The molecule has 0 aliphatic rings. The summed E-state index contributed by atoms with van der Waals surface area (Å²) in [5, 5.41) is 5.63. The molecule has 4 heteroatoms. The van der Waals surface area contributed by atoms with Gasteiger partial charge in [0.25, 0.3) is 0 Å². The van der Waals surface area contributed by atoms with Crippen LogP contribution in [0.3, 0.4) is 0 Å². The third kappa shape index (κ3) is 2.62. The van der Waals surface area contributed by atoms with Gasteiger partial charge in [0.15, 0.2) is 4.96 Å². The summed E-state index contributed by atoms with van der Waals surface area (Å²) in [6.45, 7) is 5.53. The van der Waals surface area contributed by atoms with Crippen molar-refractivity contribution in [2.24, 2.45) is 0 Å². The molecule has 3 nitrogen and oxygen atoms in total. The first-order valence-electron chi connectivity index (χ1n) is 5.98. The number of hydrogen-bond acceptors (Lipinski definition) is 3. The fourth-order valence-electron chi connectivity index (χ4n) is 1.84. The molecule has 1 atom stereocenters. The van der Waals surface area contributed by atoms with Crippen molar-refractivity contribution in [2.45, 2.75) is 39.2 Å². The van der Waals surface area contributed by atoms with E-state index in [4.69, 9.17) is 0 Å². The van der Waals surface area contributed by atoms with Gasteiger partial charge in [-0.1, -0.05) is 13.8 Å². The number of hydrogen-bond donors (Lipinski definition) is 1. The van der Waals surface area contributed by atoms with Gasteiger partial charge in [-0.2, -0.15) is 0 Å². The van der Waals surface area contributed by atoms with Gasteiger partial charge >= 0.3 is 0 Å². The summed E-state index contributed by atoms with van der Waals surface area (Å²) in [4.78, 5) is 5.71. The molecule has 0 aromatic carbocycles. The van der Waals surface area contributed by atoms with Crippen LogP contribution in [0.4, 0.5) is 0 Å². The van der Waals surface area contributed by atoms with Crippen molar-refractivity contribution < 1.29 is 0 Å². The molecule has 0 aliphatic heterocycles. The lowest BCUT2D eigenvalue weighted by molar-refractivity contribution is 0.491. The standard InChI is InChI=1S/C12H19N3S/c1-3-5-13-10(4-2)8-11-9-15-6-7-16-12(15)14-11/h6-7,9-10,13H,3-5,8H2,1-2H3. The molecule has 0 spiro atoms. The lowest BCUT2D eigenvalue weighted by atomic mass is 10.1. The number of rotatable bonds is 6. The minimum absolute atomic E-state index is 0.560. The number of imidazole rings is 1. The fourth-order valence-corrected chi connectivity index (χ4v) is 2.56. The fraction of sp³-hybridized carbons (Fsp3) is 0.583. The molecule has 2 rings (SSSR count). The molecule has 0 bridgehead atoms. The largest absolute Gasteiger partial charge is 0.314 e. The van der Waals surface area contributed by atoms with Crippen LogP contribution in [0.15, 0.2) is 17.8 Å². The zero-order chi connectivity index (χ0) is 11.4. The van der Waals surface area contributed by atoms with Crippen LogP contribution in [0.25, 0.3) is 4.96 Å². The van der Waals surface area contributed by atoms with Crippen LogP contribution in [0.2, 0.25) is 0 Å². The molecule has 0 fully saturated rings. The second-order valence-electron chi connectivity index (χ2n) is 4.09. The number of fused-ring (bicyclic) bond motifs is 1. The quantitative estimate of drug-likeness (QED) is 0.837. The molecule has 0 radical (unpaired) electrons. The van der Waals surface area contributed by atoms with Crippen molar-refractivity contribution >= 4 is 16.3 Å². The van der Waals surface area contributed by atoms with Crippen LogP contribution in [0, 0.1) is 0 Å². The van der Waals surface area contributed by atoms with Crippen LogP contribution < -0.4 is 5.32 Å². The predicted molar refractivity (Wildman–Crippen MR) is 69.1 cm³/mol. The molecule has 0 saturated heterocycles. The summed E-state index contributed by atoms with van der Waals surface area (Å²) in [5.41, 5.74) is 1.20. The molecule has 88 valence electrons. The zero-order valence-corrected chi connectivity index (χ0v) is 10.8. The Morgan fingerprint density at radius 3 is 3.06 bits per heavy atom. The molecule has 0 saturated carbocycles. The third-order valence-corrected chi connectivity index (χ3v) is 3.55. The average molecular weight is 237 g/mol. The number of aromatic nitrogens is 2. The van der Waals surface area contributed by atoms with Gasteiger partial charge in [0, 0.05) is 30.2 Å². The van der Waals surface area contributed by atoms with E-state index in [-0.39, 0.29) is 0 Å². The van der Waals surface area contributed by atoms with E-state index in [1.165, 1.54) is 12.1 Å². The van der Waals surface area contributed by atoms with Gasteiger partial charge in [-0.25, -0.2) is 4.98 Å². The van der Waals surface area contributed by atoms with Gasteiger partial charge in [0.05, 0.1) is 5.69 Å². The molecule has 0 aliphatic carbocycles. The molecule has 0 amide bonds. The van der Waals surface area contributed by atoms with Gasteiger partial charge in [0.1, 0.15) is 0 Å². The highest BCUT2D eigenvalue weighted by molar-refractivity contribution is 7.15. The molecular formula is C12H19N3S. The van der Waals surface area contributed by atoms with Gasteiger partial charge < -0.3 is 5.32 Å². The van der Waals surface area contributed by atoms with Gasteiger partial charge in [0.2, 0.25) is 0 Å². The van der Waals surface area contributed by atoms with E-state index in [2.05, 4.69) is 46.3 Å². The number of nitrogens with zero attached hydrogens (tertiary/aromatic N) is 2. The van der Waals surface area contributed by atoms with Gasteiger partial charge in [-0.3, -0.25) is 4.40 Å². The lowest BCUT2D eigenvalue weighted by Gasteiger charge is -2.14. The minimum atomic E-state index is 0.560. The Bertz CT molecular complexity index is 404. The van der Waals surface area contributed by atoms with Crippen molar-refractivity contribution in [3.05, 3.63) is 23.5 Å². The Kier molecular flexibility index (Phi) is 3.96. The van der Waals surface area contributed by atoms with E-state index in [9.17, 15) is 0 Å². The average Bonchev–Trinajstić information content (AvgIpc) is 2.84. The van der Waals surface area contributed by atoms with Crippen LogP contribution in [-0.4, -0.2) is 22.0 Å². The predicted octanol–water partition coefficient (Wildman–Crippen LogP) is 2.72. The van der Waals surface area contributed by atoms with E-state index in [0.717, 1.165) is 24.3 Å². The molecule has 2 aromatic rings. The van der Waals surface area contributed by atoms with E-state index in [1.54, 1.807) is 11.3 Å². The Morgan fingerprint density at radius 2 is 2.38 bits per heavy atom. The van der Waals surface area contributed by atoms with Crippen molar-refractivity contribution in [3.63, 3.8) is 0 Å². The van der Waals surface area contributed by atoms with Crippen molar-refractivity contribution in [1.82, 2.24) is 14.7 Å². The van der Waals surface area contributed by atoms with Crippen LogP contribution in [0.1, 0.15) is 32.4 Å². The van der Waals surface area contributed by atoms with Crippen LogP contribution >= 0.6 is 11.3 Å². The van der Waals surface area contributed by atoms with Gasteiger partial charge in [-0.15, -0.1) is 11.3 Å². The monoisotopic (exact) mass is 237 g/mol. The van der Waals surface area contributed by atoms with E-state index in [0.29, 0.717) is 6.04 Å². The molecule has 16 heavy (non-hydrogen) atoms. The maximum atomic E-state index is 4.61.